The van der Waals surface area contributed by atoms with E-state index in [1.54, 1.807) is 17.4 Å². The van der Waals surface area contributed by atoms with Crippen LogP contribution in [0.25, 0.3) is 10.1 Å². The van der Waals surface area contributed by atoms with Gasteiger partial charge in [-0.25, -0.2) is 9.38 Å². The summed E-state index contributed by atoms with van der Waals surface area (Å²) in [5, 5.41) is 0.910. The number of ether oxygens (including phenoxy) is 1. The molecule has 0 unspecified atom stereocenters. The molecule has 0 aliphatic carbocycles. The summed E-state index contributed by atoms with van der Waals surface area (Å²) in [6.45, 7) is 1.37. The number of rotatable bonds is 1. The first-order valence-corrected chi connectivity index (χ1v) is 5.51. The molecule has 2 heterocycles. The first-order valence-electron chi connectivity index (χ1n) is 4.70. The van der Waals surface area contributed by atoms with Crippen LogP contribution >= 0.6 is 11.3 Å². The molecule has 0 radical (unpaired) electrons. The Morgan fingerprint density at radius 2 is 2.27 bits per heavy atom. The zero-order chi connectivity index (χ0) is 10.3. The summed E-state index contributed by atoms with van der Waals surface area (Å²) in [5.41, 5.74) is 0. The third-order valence-electron chi connectivity index (χ3n) is 2.27. The molecule has 0 bridgehead atoms. The molecule has 1 aromatic carbocycles. The number of hydrogen-bond donors (Lipinski definition) is 0. The Bertz CT molecular complexity index is 547. The van der Waals surface area contributed by atoms with E-state index in [-0.39, 0.29) is 5.82 Å². The molecule has 2 nitrogen and oxygen atoms in total. The monoisotopic (exact) mass is 221 g/mol. The maximum Gasteiger partial charge on any atom is 0.226 e. The molecular weight excluding hydrogens is 213 g/mol. The van der Waals surface area contributed by atoms with Crippen LogP contribution in [0.2, 0.25) is 0 Å². The molecule has 1 aliphatic heterocycles. The van der Waals surface area contributed by atoms with E-state index in [1.807, 2.05) is 6.07 Å². The predicted molar refractivity (Wildman–Crippen MR) is 59.1 cm³/mol. The minimum Gasteiger partial charge on any atom is -0.475 e. The minimum atomic E-state index is -0.207. The van der Waals surface area contributed by atoms with Crippen molar-refractivity contribution in [3.63, 3.8) is 0 Å². The van der Waals surface area contributed by atoms with Gasteiger partial charge in [-0.05, 0) is 29.7 Å². The van der Waals surface area contributed by atoms with E-state index in [4.69, 9.17) is 4.74 Å². The van der Waals surface area contributed by atoms with E-state index in [9.17, 15) is 4.39 Å². The van der Waals surface area contributed by atoms with E-state index >= 15 is 0 Å². The first-order chi connectivity index (χ1) is 7.33. The average Bonchev–Trinajstić information content (AvgIpc) is 2.84. The van der Waals surface area contributed by atoms with Gasteiger partial charge in [-0.1, -0.05) is 0 Å². The van der Waals surface area contributed by atoms with Crippen LogP contribution < -0.4 is 0 Å². The zero-order valence-electron chi connectivity index (χ0n) is 7.87. The molecule has 0 fully saturated rings. The normalized spacial score (nSPS) is 15.4. The fraction of sp³-hybridized carbons (Fsp3) is 0.182. The highest BCUT2D eigenvalue weighted by Gasteiger charge is 2.13. The van der Waals surface area contributed by atoms with E-state index in [1.165, 1.54) is 12.1 Å². The van der Waals surface area contributed by atoms with Crippen molar-refractivity contribution in [1.29, 1.82) is 0 Å². The third-order valence-corrected chi connectivity index (χ3v) is 3.38. The summed E-state index contributed by atoms with van der Waals surface area (Å²) in [7, 11) is 0. The molecule has 76 valence electrons. The number of aliphatic imine (C=N–C) groups is 1. The average molecular weight is 221 g/mol. The Labute approximate surface area is 90.0 Å². The fourth-order valence-electron chi connectivity index (χ4n) is 1.60. The lowest BCUT2D eigenvalue weighted by Crippen LogP contribution is -1.97. The quantitative estimate of drug-likeness (QED) is 0.725. The van der Waals surface area contributed by atoms with Crippen molar-refractivity contribution in [1.82, 2.24) is 0 Å². The van der Waals surface area contributed by atoms with Crippen molar-refractivity contribution in [3.05, 3.63) is 35.0 Å². The van der Waals surface area contributed by atoms with Gasteiger partial charge in [0, 0.05) is 4.70 Å². The SMILES string of the molecule is Fc1ccc2sc(C3=NCCO3)cc2c1. The van der Waals surface area contributed by atoms with Crippen LogP contribution in [0.5, 0.6) is 0 Å². The second-order valence-corrected chi connectivity index (χ2v) is 4.41. The topological polar surface area (TPSA) is 21.6 Å². The molecule has 0 N–H and O–H groups in total. The van der Waals surface area contributed by atoms with Gasteiger partial charge in [-0.15, -0.1) is 11.3 Å². The van der Waals surface area contributed by atoms with Crippen molar-refractivity contribution >= 4 is 27.3 Å². The van der Waals surface area contributed by atoms with E-state index in [0.29, 0.717) is 12.5 Å². The molecular formula is C11H8FNOS. The number of hydrogen-bond acceptors (Lipinski definition) is 3. The molecule has 4 heteroatoms. The van der Waals surface area contributed by atoms with Crippen molar-refractivity contribution in [3.8, 4) is 0 Å². The summed E-state index contributed by atoms with van der Waals surface area (Å²) >= 11 is 1.58. The summed E-state index contributed by atoms with van der Waals surface area (Å²) in [6.07, 6.45) is 0. The lowest BCUT2D eigenvalue weighted by atomic mass is 10.2. The third kappa shape index (κ3) is 1.51. The van der Waals surface area contributed by atoms with E-state index in [0.717, 1.165) is 21.5 Å². The van der Waals surface area contributed by atoms with Crippen LogP contribution in [0.1, 0.15) is 4.88 Å². The molecule has 2 aromatic rings. The first kappa shape index (κ1) is 8.85. The Hall–Kier alpha value is -1.42. The predicted octanol–water partition coefficient (Wildman–Crippen LogP) is 2.82. The van der Waals surface area contributed by atoms with Gasteiger partial charge >= 0.3 is 0 Å². The summed E-state index contributed by atoms with van der Waals surface area (Å²) in [4.78, 5) is 5.21. The summed E-state index contributed by atoms with van der Waals surface area (Å²) < 4.78 is 19.4. The van der Waals surface area contributed by atoms with Crippen molar-refractivity contribution in [2.24, 2.45) is 4.99 Å². The van der Waals surface area contributed by atoms with Gasteiger partial charge in [-0.2, -0.15) is 0 Å². The highest BCUT2D eigenvalue weighted by molar-refractivity contribution is 7.20. The molecule has 0 amide bonds. The molecule has 1 aliphatic rings. The van der Waals surface area contributed by atoms with Crippen molar-refractivity contribution in [2.75, 3.05) is 13.2 Å². The molecule has 15 heavy (non-hydrogen) atoms. The molecule has 0 spiro atoms. The van der Waals surface area contributed by atoms with Crippen LogP contribution in [0.15, 0.2) is 29.3 Å². The fourth-order valence-corrected chi connectivity index (χ4v) is 2.61. The number of nitrogens with zero attached hydrogens (tertiary/aromatic N) is 1. The largest absolute Gasteiger partial charge is 0.475 e. The second kappa shape index (κ2) is 3.31. The van der Waals surface area contributed by atoms with Crippen molar-refractivity contribution in [2.45, 2.75) is 0 Å². The Balaban J connectivity index is 2.13. The molecule has 0 saturated carbocycles. The molecule has 3 rings (SSSR count). The van der Waals surface area contributed by atoms with Gasteiger partial charge in [0.1, 0.15) is 12.4 Å². The molecule has 0 saturated heterocycles. The van der Waals surface area contributed by atoms with Crippen LogP contribution in [0.3, 0.4) is 0 Å². The smallest absolute Gasteiger partial charge is 0.226 e. The van der Waals surface area contributed by atoms with E-state index in [2.05, 4.69) is 4.99 Å². The Morgan fingerprint density at radius 3 is 3.07 bits per heavy atom. The molecule has 1 aromatic heterocycles. The standard InChI is InChI=1S/C11H8FNOS/c12-8-1-2-9-7(5-8)6-10(15-9)11-13-3-4-14-11/h1-2,5-6H,3-4H2. The van der Waals surface area contributed by atoms with Crippen LogP contribution in [-0.4, -0.2) is 19.0 Å². The number of thiophene rings is 1. The number of benzene rings is 1. The van der Waals surface area contributed by atoms with Gasteiger partial charge in [0.2, 0.25) is 5.90 Å². The maximum absolute atomic E-state index is 13.0. The summed E-state index contributed by atoms with van der Waals surface area (Å²) in [5.74, 6) is 0.484. The van der Waals surface area contributed by atoms with Gasteiger partial charge < -0.3 is 4.74 Å². The lowest BCUT2D eigenvalue weighted by molar-refractivity contribution is 0.349. The summed E-state index contributed by atoms with van der Waals surface area (Å²) in [6, 6.07) is 6.71. The lowest BCUT2D eigenvalue weighted by Gasteiger charge is -1.94. The van der Waals surface area contributed by atoms with Crippen LogP contribution in [0, 0.1) is 5.82 Å². The maximum atomic E-state index is 13.0. The van der Waals surface area contributed by atoms with Crippen LogP contribution in [-0.2, 0) is 4.74 Å². The van der Waals surface area contributed by atoms with Gasteiger partial charge in [0.05, 0.1) is 11.4 Å². The highest BCUT2D eigenvalue weighted by Crippen LogP contribution is 2.27. The molecule has 0 atom stereocenters. The minimum absolute atomic E-state index is 0.207. The second-order valence-electron chi connectivity index (χ2n) is 3.33. The van der Waals surface area contributed by atoms with Crippen molar-refractivity contribution < 1.29 is 9.13 Å². The number of halogens is 1. The van der Waals surface area contributed by atoms with E-state index < -0.39 is 0 Å². The van der Waals surface area contributed by atoms with Gasteiger partial charge in [-0.3, -0.25) is 0 Å². The Kier molecular flexibility index (Phi) is 1.95. The highest BCUT2D eigenvalue weighted by atomic mass is 32.1. The Morgan fingerprint density at radius 1 is 1.33 bits per heavy atom. The van der Waals surface area contributed by atoms with Crippen LogP contribution in [0.4, 0.5) is 4.39 Å². The van der Waals surface area contributed by atoms with Gasteiger partial charge in [0.15, 0.2) is 0 Å². The number of fused-ring (bicyclic) bond motifs is 1. The van der Waals surface area contributed by atoms with Gasteiger partial charge in [0.25, 0.3) is 0 Å². The zero-order valence-corrected chi connectivity index (χ0v) is 8.68.